The molecular weight excluding hydrogens is 190 g/mol. The van der Waals surface area contributed by atoms with Crippen LogP contribution in [0.1, 0.15) is 25.7 Å². The van der Waals surface area contributed by atoms with Gasteiger partial charge in [0, 0.05) is 19.1 Å². The van der Waals surface area contributed by atoms with Gasteiger partial charge in [-0.25, -0.2) is 0 Å². The Labute approximate surface area is 91.4 Å². The molecule has 2 heterocycles. The Morgan fingerprint density at radius 2 is 2.07 bits per heavy atom. The zero-order valence-electron chi connectivity index (χ0n) is 9.46. The third-order valence-electron chi connectivity index (χ3n) is 3.57. The molecule has 15 heavy (non-hydrogen) atoms. The van der Waals surface area contributed by atoms with Crippen LogP contribution in [0.15, 0.2) is 0 Å². The van der Waals surface area contributed by atoms with Crippen LogP contribution in [0.5, 0.6) is 0 Å². The van der Waals surface area contributed by atoms with Gasteiger partial charge in [-0.3, -0.25) is 4.79 Å². The van der Waals surface area contributed by atoms with Crippen molar-refractivity contribution in [1.82, 2.24) is 15.5 Å². The summed E-state index contributed by atoms with van der Waals surface area (Å²) in [5.74, 6) is 0.321. The second kappa shape index (κ2) is 4.94. The van der Waals surface area contributed by atoms with Gasteiger partial charge in [-0.15, -0.1) is 0 Å². The second-order valence-corrected chi connectivity index (χ2v) is 4.54. The number of nitrogens with zero attached hydrogens (tertiary/aromatic N) is 1. The number of carbonyl (C=O) groups is 1. The van der Waals surface area contributed by atoms with Crippen molar-refractivity contribution in [2.24, 2.45) is 0 Å². The van der Waals surface area contributed by atoms with E-state index in [1.54, 1.807) is 0 Å². The number of amides is 1. The summed E-state index contributed by atoms with van der Waals surface area (Å²) in [5.41, 5.74) is 0. The Morgan fingerprint density at radius 1 is 1.33 bits per heavy atom. The molecule has 2 saturated heterocycles. The van der Waals surface area contributed by atoms with Gasteiger partial charge in [-0.05, 0) is 39.3 Å². The molecule has 0 aromatic rings. The van der Waals surface area contributed by atoms with Gasteiger partial charge in [0.1, 0.15) is 0 Å². The molecule has 86 valence electrons. The monoisotopic (exact) mass is 211 g/mol. The van der Waals surface area contributed by atoms with E-state index in [0.29, 0.717) is 11.9 Å². The van der Waals surface area contributed by atoms with Gasteiger partial charge in [0.15, 0.2) is 0 Å². The van der Waals surface area contributed by atoms with E-state index in [9.17, 15) is 4.79 Å². The Bertz CT molecular complexity index is 218. The highest BCUT2D eigenvalue weighted by Crippen LogP contribution is 2.14. The van der Waals surface area contributed by atoms with Crippen molar-refractivity contribution in [3.05, 3.63) is 0 Å². The highest BCUT2D eigenvalue weighted by molar-refractivity contribution is 5.82. The lowest BCUT2D eigenvalue weighted by Crippen LogP contribution is -2.49. The summed E-state index contributed by atoms with van der Waals surface area (Å²) in [6.07, 6.45) is 4.35. The van der Waals surface area contributed by atoms with Gasteiger partial charge in [0.05, 0.1) is 6.04 Å². The van der Waals surface area contributed by atoms with Gasteiger partial charge in [0.25, 0.3) is 0 Å². The van der Waals surface area contributed by atoms with Crippen LogP contribution < -0.4 is 10.6 Å². The van der Waals surface area contributed by atoms with E-state index < -0.39 is 0 Å². The van der Waals surface area contributed by atoms with E-state index in [-0.39, 0.29) is 6.04 Å². The molecule has 1 atom stereocenters. The third kappa shape index (κ3) is 2.49. The molecule has 0 radical (unpaired) electrons. The standard InChI is InChI=1S/C11H21N3O/c1-12-9-4-7-14(8-5-9)11(15)10-3-2-6-13-10/h9-10,12-13H,2-8H2,1H3. The molecule has 0 aromatic carbocycles. The zero-order valence-corrected chi connectivity index (χ0v) is 9.46. The average Bonchev–Trinajstić information content (AvgIpc) is 2.82. The summed E-state index contributed by atoms with van der Waals surface area (Å²) in [7, 11) is 2.00. The van der Waals surface area contributed by atoms with Crippen LogP contribution >= 0.6 is 0 Å². The molecule has 1 amide bonds. The minimum Gasteiger partial charge on any atom is -0.341 e. The van der Waals surface area contributed by atoms with E-state index in [0.717, 1.165) is 45.3 Å². The number of rotatable bonds is 2. The fourth-order valence-corrected chi connectivity index (χ4v) is 2.50. The minimum absolute atomic E-state index is 0.108. The Kier molecular flexibility index (Phi) is 3.59. The summed E-state index contributed by atoms with van der Waals surface area (Å²) in [5, 5.41) is 6.55. The summed E-state index contributed by atoms with van der Waals surface area (Å²) < 4.78 is 0. The Morgan fingerprint density at radius 3 is 2.60 bits per heavy atom. The largest absolute Gasteiger partial charge is 0.341 e. The topological polar surface area (TPSA) is 44.4 Å². The predicted octanol–water partition coefficient (Wildman–Crippen LogP) is -0.0512. The highest BCUT2D eigenvalue weighted by Gasteiger charge is 2.29. The molecule has 4 nitrogen and oxygen atoms in total. The lowest BCUT2D eigenvalue weighted by atomic mass is 10.0. The number of carbonyl (C=O) groups excluding carboxylic acids is 1. The van der Waals surface area contributed by atoms with Crippen molar-refractivity contribution in [2.45, 2.75) is 37.8 Å². The van der Waals surface area contributed by atoms with E-state index in [1.165, 1.54) is 0 Å². The van der Waals surface area contributed by atoms with E-state index >= 15 is 0 Å². The molecule has 2 aliphatic heterocycles. The first-order valence-corrected chi connectivity index (χ1v) is 6.00. The van der Waals surface area contributed by atoms with Crippen molar-refractivity contribution >= 4 is 5.91 Å². The number of nitrogens with one attached hydrogen (secondary N) is 2. The second-order valence-electron chi connectivity index (χ2n) is 4.54. The summed E-state index contributed by atoms with van der Waals surface area (Å²) in [4.78, 5) is 14.1. The van der Waals surface area contributed by atoms with Crippen molar-refractivity contribution in [2.75, 3.05) is 26.7 Å². The number of hydrogen-bond donors (Lipinski definition) is 2. The van der Waals surface area contributed by atoms with E-state index in [2.05, 4.69) is 10.6 Å². The van der Waals surface area contributed by atoms with Gasteiger partial charge in [-0.2, -0.15) is 0 Å². The molecule has 0 saturated carbocycles. The summed E-state index contributed by atoms with van der Waals surface area (Å²) >= 11 is 0. The van der Waals surface area contributed by atoms with Crippen LogP contribution in [-0.2, 0) is 4.79 Å². The van der Waals surface area contributed by atoms with Crippen LogP contribution in [-0.4, -0.2) is 49.6 Å². The third-order valence-corrected chi connectivity index (χ3v) is 3.57. The maximum Gasteiger partial charge on any atom is 0.239 e. The lowest BCUT2D eigenvalue weighted by Gasteiger charge is -2.33. The quantitative estimate of drug-likeness (QED) is 0.673. The number of hydrogen-bond acceptors (Lipinski definition) is 3. The first-order valence-electron chi connectivity index (χ1n) is 6.00. The molecule has 0 spiro atoms. The molecule has 0 bridgehead atoms. The summed E-state index contributed by atoms with van der Waals surface area (Å²) in [6, 6.07) is 0.710. The predicted molar refractivity (Wildman–Crippen MR) is 59.7 cm³/mol. The van der Waals surface area contributed by atoms with Crippen molar-refractivity contribution < 1.29 is 4.79 Å². The van der Waals surface area contributed by atoms with Gasteiger partial charge in [0.2, 0.25) is 5.91 Å². The lowest BCUT2D eigenvalue weighted by molar-refractivity contribution is -0.134. The first kappa shape index (κ1) is 10.9. The molecule has 2 aliphatic rings. The minimum atomic E-state index is 0.108. The average molecular weight is 211 g/mol. The van der Waals surface area contributed by atoms with Crippen LogP contribution in [0.2, 0.25) is 0 Å². The first-order chi connectivity index (χ1) is 7.31. The van der Waals surface area contributed by atoms with Crippen LogP contribution in [0.3, 0.4) is 0 Å². The molecule has 0 aliphatic carbocycles. The molecule has 4 heteroatoms. The van der Waals surface area contributed by atoms with E-state index in [1.807, 2.05) is 11.9 Å². The highest BCUT2D eigenvalue weighted by atomic mass is 16.2. The Balaban J connectivity index is 1.81. The van der Waals surface area contributed by atoms with Gasteiger partial charge >= 0.3 is 0 Å². The fraction of sp³-hybridized carbons (Fsp3) is 0.909. The van der Waals surface area contributed by atoms with Gasteiger partial charge in [-0.1, -0.05) is 0 Å². The van der Waals surface area contributed by atoms with Crippen molar-refractivity contribution in [3.8, 4) is 0 Å². The molecule has 2 rings (SSSR count). The zero-order chi connectivity index (χ0) is 10.7. The van der Waals surface area contributed by atoms with Crippen LogP contribution in [0, 0.1) is 0 Å². The molecular formula is C11H21N3O. The van der Waals surface area contributed by atoms with Crippen molar-refractivity contribution in [3.63, 3.8) is 0 Å². The van der Waals surface area contributed by atoms with Gasteiger partial charge < -0.3 is 15.5 Å². The molecule has 2 fully saturated rings. The normalized spacial score (nSPS) is 28.3. The molecule has 2 N–H and O–H groups in total. The Hall–Kier alpha value is -0.610. The molecule has 0 aromatic heterocycles. The van der Waals surface area contributed by atoms with Crippen LogP contribution in [0.4, 0.5) is 0 Å². The molecule has 1 unspecified atom stereocenters. The van der Waals surface area contributed by atoms with E-state index in [4.69, 9.17) is 0 Å². The maximum atomic E-state index is 12.0. The smallest absolute Gasteiger partial charge is 0.239 e. The summed E-state index contributed by atoms with van der Waals surface area (Å²) in [6.45, 7) is 2.84. The number of likely N-dealkylation sites (tertiary alicyclic amines) is 1. The van der Waals surface area contributed by atoms with Crippen LogP contribution in [0.25, 0.3) is 0 Å². The van der Waals surface area contributed by atoms with Crippen molar-refractivity contribution in [1.29, 1.82) is 0 Å². The SMILES string of the molecule is CNC1CCN(C(=O)C2CCCN2)CC1. The maximum absolute atomic E-state index is 12.0. The fourth-order valence-electron chi connectivity index (χ4n) is 2.50. The number of piperidine rings is 1.